The van der Waals surface area contributed by atoms with Crippen LogP contribution < -0.4 is 4.90 Å². The maximum absolute atomic E-state index is 4.33. The molecule has 0 radical (unpaired) electrons. The second-order valence-corrected chi connectivity index (χ2v) is 4.09. The van der Waals surface area contributed by atoms with Crippen molar-refractivity contribution in [3.63, 3.8) is 0 Å². The smallest absolute Gasteiger partial charge is 0.225 e. The van der Waals surface area contributed by atoms with Gasteiger partial charge in [-0.05, 0) is 32.0 Å². The average Bonchev–Trinajstić information content (AvgIpc) is 2.38. The normalized spacial score (nSPS) is 10.5. The van der Waals surface area contributed by atoms with Gasteiger partial charge in [-0.25, -0.2) is 9.97 Å². The minimum Gasteiger partial charge on any atom is -0.332 e. The van der Waals surface area contributed by atoms with Crippen molar-refractivity contribution >= 4 is 5.95 Å². The van der Waals surface area contributed by atoms with Gasteiger partial charge in [-0.15, -0.1) is 0 Å². The molecule has 2 aromatic rings. The van der Waals surface area contributed by atoms with E-state index >= 15 is 0 Å². The number of pyridine rings is 1. The molecule has 0 bridgehead atoms. The first-order valence-corrected chi connectivity index (χ1v) is 5.71. The highest BCUT2D eigenvalue weighted by molar-refractivity contribution is 5.31. The summed E-state index contributed by atoms with van der Waals surface area (Å²) in [6.45, 7) is 4.97. The monoisotopic (exact) mass is 228 g/mol. The summed E-state index contributed by atoms with van der Waals surface area (Å²) in [5.74, 6) is 0.744. The number of hydrogen-bond acceptors (Lipinski definition) is 4. The summed E-state index contributed by atoms with van der Waals surface area (Å²) < 4.78 is 0. The van der Waals surface area contributed by atoms with Crippen molar-refractivity contribution < 1.29 is 0 Å². The molecule has 2 aromatic heterocycles. The van der Waals surface area contributed by atoms with Crippen LogP contribution in [0.1, 0.15) is 19.5 Å². The molecule has 0 fully saturated rings. The van der Waals surface area contributed by atoms with Gasteiger partial charge in [-0.1, -0.05) is 6.07 Å². The predicted molar refractivity (Wildman–Crippen MR) is 67.6 cm³/mol. The molecule has 0 aliphatic rings. The third kappa shape index (κ3) is 3.00. The van der Waals surface area contributed by atoms with Gasteiger partial charge in [0.15, 0.2) is 0 Å². The summed E-state index contributed by atoms with van der Waals surface area (Å²) in [6.07, 6.45) is 5.33. The highest BCUT2D eigenvalue weighted by Crippen LogP contribution is 2.13. The predicted octanol–water partition coefficient (Wildman–Crippen LogP) is 2.29. The van der Waals surface area contributed by atoms with Gasteiger partial charge >= 0.3 is 0 Å². The average molecular weight is 228 g/mol. The van der Waals surface area contributed by atoms with Gasteiger partial charge in [-0.2, -0.15) is 0 Å². The van der Waals surface area contributed by atoms with Crippen molar-refractivity contribution in [2.24, 2.45) is 0 Å². The van der Waals surface area contributed by atoms with Crippen LogP contribution in [0.3, 0.4) is 0 Å². The molecule has 0 amide bonds. The Morgan fingerprint density at radius 3 is 2.29 bits per heavy atom. The van der Waals surface area contributed by atoms with Gasteiger partial charge in [0.1, 0.15) is 0 Å². The third-order valence-electron chi connectivity index (χ3n) is 2.49. The molecular weight excluding hydrogens is 212 g/mol. The molecule has 0 saturated heterocycles. The van der Waals surface area contributed by atoms with Crippen LogP contribution in [0.25, 0.3) is 0 Å². The van der Waals surface area contributed by atoms with Crippen molar-refractivity contribution in [1.82, 2.24) is 15.0 Å². The first-order valence-electron chi connectivity index (χ1n) is 5.71. The van der Waals surface area contributed by atoms with Crippen molar-refractivity contribution in [3.8, 4) is 0 Å². The Morgan fingerprint density at radius 2 is 1.71 bits per heavy atom. The van der Waals surface area contributed by atoms with Crippen LogP contribution in [-0.2, 0) is 6.54 Å². The third-order valence-corrected chi connectivity index (χ3v) is 2.49. The van der Waals surface area contributed by atoms with E-state index < -0.39 is 0 Å². The van der Waals surface area contributed by atoms with Crippen LogP contribution in [0.15, 0.2) is 42.9 Å². The molecule has 88 valence electrons. The highest BCUT2D eigenvalue weighted by Gasteiger charge is 2.13. The standard InChI is InChI=1S/C13H16N4/c1-11(2)17(13-15-8-5-9-16-13)10-12-6-3-4-7-14-12/h3-9,11H,10H2,1-2H3. The minimum atomic E-state index is 0.333. The van der Waals surface area contributed by atoms with Crippen LogP contribution in [0.4, 0.5) is 5.95 Å². The molecule has 4 heteroatoms. The van der Waals surface area contributed by atoms with E-state index in [-0.39, 0.29) is 0 Å². The zero-order chi connectivity index (χ0) is 12.1. The number of hydrogen-bond donors (Lipinski definition) is 0. The Balaban J connectivity index is 2.20. The fraction of sp³-hybridized carbons (Fsp3) is 0.308. The van der Waals surface area contributed by atoms with E-state index in [9.17, 15) is 0 Å². The molecule has 0 saturated carbocycles. The van der Waals surface area contributed by atoms with E-state index in [4.69, 9.17) is 0 Å². The molecule has 4 nitrogen and oxygen atoms in total. The number of rotatable bonds is 4. The molecule has 0 atom stereocenters. The molecule has 0 aromatic carbocycles. The van der Waals surface area contributed by atoms with Crippen LogP contribution in [0.5, 0.6) is 0 Å². The lowest BCUT2D eigenvalue weighted by atomic mass is 10.3. The molecule has 0 aliphatic carbocycles. The number of anilines is 1. The van der Waals surface area contributed by atoms with Gasteiger partial charge in [-0.3, -0.25) is 4.98 Å². The van der Waals surface area contributed by atoms with E-state index in [1.807, 2.05) is 24.3 Å². The van der Waals surface area contributed by atoms with Crippen LogP contribution in [-0.4, -0.2) is 21.0 Å². The fourth-order valence-corrected chi connectivity index (χ4v) is 1.59. The van der Waals surface area contributed by atoms with E-state index in [1.54, 1.807) is 18.6 Å². The van der Waals surface area contributed by atoms with Crippen molar-refractivity contribution in [2.75, 3.05) is 4.90 Å². The van der Waals surface area contributed by atoms with E-state index in [0.717, 1.165) is 18.2 Å². The molecular formula is C13H16N4. The van der Waals surface area contributed by atoms with Gasteiger partial charge in [0.05, 0.1) is 12.2 Å². The van der Waals surface area contributed by atoms with Crippen LogP contribution in [0.2, 0.25) is 0 Å². The van der Waals surface area contributed by atoms with Crippen LogP contribution in [0, 0.1) is 0 Å². The number of aromatic nitrogens is 3. The second-order valence-electron chi connectivity index (χ2n) is 4.09. The Hall–Kier alpha value is -1.97. The lowest BCUT2D eigenvalue weighted by Gasteiger charge is -2.26. The lowest BCUT2D eigenvalue weighted by Crippen LogP contribution is -2.32. The Labute approximate surface area is 101 Å². The maximum atomic E-state index is 4.33. The van der Waals surface area contributed by atoms with Gasteiger partial charge < -0.3 is 4.90 Å². The SMILES string of the molecule is CC(C)N(Cc1ccccn1)c1ncccn1. The molecule has 2 heterocycles. The second kappa shape index (κ2) is 5.39. The Bertz CT molecular complexity index is 441. The minimum absolute atomic E-state index is 0.333. The van der Waals surface area contributed by atoms with Gasteiger partial charge in [0.25, 0.3) is 0 Å². The quantitative estimate of drug-likeness (QED) is 0.805. The van der Waals surface area contributed by atoms with E-state index in [1.165, 1.54) is 0 Å². The topological polar surface area (TPSA) is 41.9 Å². The Kier molecular flexibility index (Phi) is 3.65. The maximum Gasteiger partial charge on any atom is 0.225 e. The zero-order valence-corrected chi connectivity index (χ0v) is 10.1. The molecule has 0 N–H and O–H groups in total. The van der Waals surface area contributed by atoms with Crippen molar-refractivity contribution in [2.45, 2.75) is 26.4 Å². The summed E-state index contributed by atoms with van der Waals surface area (Å²) in [7, 11) is 0. The lowest BCUT2D eigenvalue weighted by molar-refractivity contribution is 0.652. The molecule has 0 spiro atoms. The van der Waals surface area contributed by atoms with E-state index in [0.29, 0.717) is 6.04 Å². The summed E-state index contributed by atoms with van der Waals surface area (Å²) in [4.78, 5) is 15.0. The summed E-state index contributed by atoms with van der Waals surface area (Å²) in [6, 6.07) is 8.08. The highest BCUT2D eigenvalue weighted by atomic mass is 15.3. The first kappa shape index (κ1) is 11.5. The van der Waals surface area contributed by atoms with Gasteiger partial charge in [0, 0.05) is 24.6 Å². The zero-order valence-electron chi connectivity index (χ0n) is 10.1. The molecule has 17 heavy (non-hydrogen) atoms. The largest absolute Gasteiger partial charge is 0.332 e. The molecule has 0 aliphatic heterocycles. The Morgan fingerprint density at radius 1 is 1.00 bits per heavy atom. The van der Waals surface area contributed by atoms with Gasteiger partial charge in [0.2, 0.25) is 5.95 Å². The van der Waals surface area contributed by atoms with Crippen molar-refractivity contribution in [3.05, 3.63) is 48.5 Å². The fourth-order valence-electron chi connectivity index (χ4n) is 1.59. The molecule has 0 unspecified atom stereocenters. The first-order chi connectivity index (χ1) is 8.27. The summed E-state index contributed by atoms with van der Waals surface area (Å²) in [5, 5.41) is 0. The molecule has 2 rings (SSSR count). The number of nitrogens with zero attached hydrogens (tertiary/aromatic N) is 4. The summed E-state index contributed by atoms with van der Waals surface area (Å²) in [5.41, 5.74) is 1.02. The van der Waals surface area contributed by atoms with Crippen molar-refractivity contribution in [1.29, 1.82) is 0 Å². The van der Waals surface area contributed by atoms with Crippen LogP contribution >= 0.6 is 0 Å². The summed E-state index contributed by atoms with van der Waals surface area (Å²) >= 11 is 0. The van der Waals surface area contributed by atoms with E-state index in [2.05, 4.69) is 33.7 Å².